The summed E-state index contributed by atoms with van der Waals surface area (Å²) in [5.41, 5.74) is 3.51. The van der Waals surface area contributed by atoms with Gasteiger partial charge in [-0.05, 0) is 77.3 Å². The van der Waals surface area contributed by atoms with E-state index in [1.165, 1.54) is 0 Å². The first-order chi connectivity index (χ1) is 16.9. The van der Waals surface area contributed by atoms with Gasteiger partial charge in [0.05, 0.1) is 22.5 Å². The molecule has 0 aliphatic heterocycles. The third-order valence-electron chi connectivity index (χ3n) is 5.49. The van der Waals surface area contributed by atoms with E-state index in [1.54, 1.807) is 15.6 Å². The second kappa shape index (κ2) is 11.0. The zero-order chi connectivity index (χ0) is 24.9. The summed E-state index contributed by atoms with van der Waals surface area (Å²) in [6, 6.07) is 20.7. The minimum Gasteiger partial charge on any atom is -0.490 e. The summed E-state index contributed by atoms with van der Waals surface area (Å²) in [5, 5.41) is 0.678. The molecule has 6 nitrogen and oxygen atoms in total. The Bertz CT molecular complexity index is 1410. The van der Waals surface area contributed by atoms with Crippen molar-refractivity contribution in [2.24, 2.45) is 12.0 Å². The van der Waals surface area contributed by atoms with Gasteiger partial charge in [-0.1, -0.05) is 41.9 Å². The Kier molecular flexibility index (Phi) is 7.78. The minimum absolute atomic E-state index is 0.181. The van der Waals surface area contributed by atoms with Crippen molar-refractivity contribution >= 4 is 39.4 Å². The fourth-order valence-electron chi connectivity index (χ4n) is 3.64. The van der Waals surface area contributed by atoms with Gasteiger partial charge in [-0.3, -0.25) is 9.48 Å². The van der Waals surface area contributed by atoms with Gasteiger partial charge < -0.3 is 9.47 Å². The quantitative estimate of drug-likeness (QED) is 0.230. The van der Waals surface area contributed by atoms with E-state index in [4.69, 9.17) is 21.1 Å². The van der Waals surface area contributed by atoms with E-state index >= 15 is 0 Å². The predicted molar refractivity (Wildman–Crippen MR) is 144 cm³/mol. The molecule has 1 heterocycles. The van der Waals surface area contributed by atoms with E-state index in [2.05, 4.69) is 20.9 Å². The van der Waals surface area contributed by atoms with Gasteiger partial charge in [0.15, 0.2) is 17.2 Å². The van der Waals surface area contributed by atoms with Crippen LogP contribution in [-0.2, 0) is 13.7 Å². The third-order valence-corrected chi connectivity index (χ3v) is 6.34. The third kappa shape index (κ3) is 5.52. The normalized spacial score (nSPS) is 11.2. The van der Waals surface area contributed by atoms with Gasteiger partial charge in [0.2, 0.25) is 0 Å². The first-order valence-electron chi connectivity index (χ1n) is 11.1. The lowest BCUT2D eigenvalue weighted by molar-refractivity contribution is 0.267. The topological polar surface area (TPSA) is 57.8 Å². The lowest BCUT2D eigenvalue weighted by Crippen LogP contribution is -2.19. The number of aliphatic imine (C=N–C) groups is 1. The maximum absolute atomic E-state index is 13.1. The van der Waals surface area contributed by atoms with Gasteiger partial charge >= 0.3 is 0 Å². The lowest BCUT2D eigenvalue weighted by atomic mass is 10.2. The Morgan fingerprint density at radius 1 is 1.06 bits per heavy atom. The van der Waals surface area contributed by atoms with Crippen molar-refractivity contribution in [2.45, 2.75) is 20.5 Å². The highest BCUT2D eigenvalue weighted by Gasteiger charge is 2.16. The average molecular weight is 555 g/mol. The molecule has 0 spiro atoms. The Morgan fingerprint density at radius 3 is 2.46 bits per heavy atom. The van der Waals surface area contributed by atoms with Crippen LogP contribution in [-0.4, -0.2) is 22.2 Å². The number of hydrogen-bond acceptors (Lipinski definition) is 4. The molecule has 0 bridgehead atoms. The van der Waals surface area contributed by atoms with Gasteiger partial charge in [-0.25, -0.2) is 9.67 Å². The summed E-state index contributed by atoms with van der Waals surface area (Å²) in [7, 11) is 1.85. The molecular formula is C27H25BrClN3O3. The van der Waals surface area contributed by atoms with Crippen LogP contribution in [0, 0.1) is 6.92 Å². The number of hydrogen-bond donors (Lipinski definition) is 0. The van der Waals surface area contributed by atoms with Crippen LogP contribution in [0.25, 0.3) is 5.69 Å². The maximum atomic E-state index is 13.1. The molecule has 0 amide bonds. The molecule has 0 aliphatic carbocycles. The molecule has 0 N–H and O–H groups in total. The molecule has 0 unspecified atom stereocenters. The van der Waals surface area contributed by atoms with E-state index in [1.807, 2.05) is 87.6 Å². The first-order valence-corrected chi connectivity index (χ1v) is 12.3. The van der Waals surface area contributed by atoms with Gasteiger partial charge in [-0.2, -0.15) is 0 Å². The largest absolute Gasteiger partial charge is 0.490 e. The fraction of sp³-hybridized carbons (Fsp3) is 0.185. The number of aromatic nitrogens is 2. The highest BCUT2D eigenvalue weighted by molar-refractivity contribution is 9.10. The first kappa shape index (κ1) is 24.8. The number of benzene rings is 3. The number of nitrogens with zero attached hydrogens (tertiary/aromatic N) is 3. The second-order valence-corrected chi connectivity index (χ2v) is 9.14. The Hall–Kier alpha value is -3.29. The second-order valence-electron chi connectivity index (χ2n) is 7.85. The number of para-hydroxylation sites is 1. The van der Waals surface area contributed by atoms with Crippen LogP contribution in [0.2, 0.25) is 5.02 Å². The predicted octanol–water partition coefficient (Wildman–Crippen LogP) is 6.63. The molecule has 0 fully saturated rings. The van der Waals surface area contributed by atoms with Crippen LogP contribution >= 0.6 is 27.5 Å². The summed E-state index contributed by atoms with van der Waals surface area (Å²) in [5.74, 6) is 1.19. The molecule has 180 valence electrons. The standard InChI is InChI=1S/C27H25BrClN3O3/c1-4-34-24-15-20(14-23(28)26(24)35-17-19-10-12-21(29)13-11-19)16-30-25-18(2)31(3)32(27(25)33)22-8-6-5-7-9-22/h5-16H,4,17H2,1-3H3. The fourth-order valence-corrected chi connectivity index (χ4v) is 4.34. The van der Waals surface area contributed by atoms with Gasteiger partial charge in [0.25, 0.3) is 5.56 Å². The van der Waals surface area contributed by atoms with E-state index < -0.39 is 0 Å². The zero-order valence-corrected chi connectivity index (χ0v) is 22.0. The molecule has 4 aromatic rings. The highest BCUT2D eigenvalue weighted by Crippen LogP contribution is 2.37. The molecule has 0 saturated carbocycles. The van der Waals surface area contributed by atoms with Gasteiger partial charge in [-0.15, -0.1) is 0 Å². The molecule has 1 aromatic heterocycles. The van der Waals surface area contributed by atoms with Crippen molar-refractivity contribution < 1.29 is 9.47 Å². The zero-order valence-electron chi connectivity index (χ0n) is 19.7. The minimum atomic E-state index is -0.181. The lowest BCUT2D eigenvalue weighted by Gasteiger charge is -2.14. The SMILES string of the molecule is CCOc1cc(C=Nc2c(C)n(C)n(-c3ccccc3)c2=O)cc(Br)c1OCc1ccc(Cl)cc1. The van der Waals surface area contributed by atoms with Crippen molar-refractivity contribution in [3.63, 3.8) is 0 Å². The van der Waals surface area contributed by atoms with Crippen molar-refractivity contribution in [1.29, 1.82) is 0 Å². The molecule has 3 aromatic carbocycles. The van der Waals surface area contributed by atoms with E-state index in [0.717, 1.165) is 27.0 Å². The Balaban J connectivity index is 1.63. The van der Waals surface area contributed by atoms with E-state index in [-0.39, 0.29) is 5.56 Å². The molecule has 8 heteroatoms. The van der Waals surface area contributed by atoms with Crippen LogP contribution in [0.4, 0.5) is 5.69 Å². The molecule has 0 atom stereocenters. The number of ether oxygens (including phenoxy) is 2. The van der Waals surface area contributed by atoms with Gasteiger partial charge in [0.1, 0.15) is 6.61 Å². The summed E-state index contributed by atoms with van der Waals surface area (Å²) < 4.78 is 16.0. The van der Waals surface area contributed by atoms with Crippen LogP contribution in [0.15, 0.2) is 81.0 Å². The molecule has 4 rings (SSSR count). The van der Waals surface area contributed by atoms with Crippen molar-refractivity contribution in [3.8, 4) is 17.2 Å². The highest BCUT2D eigenvalue weighted by atomic mass is 79.9. The number of rotatable bonds is 8. The molecule has 0 aliphatic rings. The maximum Gasteiger partial charge on any atom is 0.297 e. The Morgan fingerprint density at radius 2 is 1.77 bits per heavy atom. The van der Waals surface area contributed by atoms with E-state index in [9.17, 15) is 4.79 Å². The molecule has 0 radical (unpaired) electrons. The van der Waals surface area contributed by atoms with E-state index in [0.29, 0.717) is 35.4 Å². The van der Waals surface area contributed by atoms with Crippen LogP contribution in [0.1, 0.15) is 23.7 Å². The van der Waals surface area contributed by atoms with Crippen molar-refractivity contribution in [1.82, 2.24) is 9.36 Å². The molecule has 35 heavy (non-hydrogen) atoms. The van der Waals surface area contributed by atoms with Crippen LogP contribution in [0.3, 0.4) is 0 Å². The Labute approximate surface area is 217 Å². The molecule has 0 saturated heterocycles. The molecular weight excluding hydrogens is 530 g/mol. The number of halogens is 2. The smallest absolute Gasteiger partial charge is 0.297 e. The van der Waals surface area contributed by atoms with Crippen LogP contribution in [0.5, 0.6) is 11.5 Å². The van der Waals surface area contributed by atoms with Crippen LogP contribution < -0.4 is 15.0 Å². The summed E-state index contributed by atoms with van der Waals surface area (Å²) in [4.78, 5) is 17.7. The van der Waals surface area contributed by atoms with Gasteiger partial charge in [0, 0.05) is 18.3 Å². The van der Waals surface area contributed by atoms with Crippen molar-refractivity contribution in [2.75, 3.05) is 6.61 Å². The summed E-state index contributed by atoms with van der Waals surface area (Å²) >= 11 is 9.57. The van der Waals surface area contributed by atoms with Crippen molar-refractivity contribution in [3.05, 3.63) is 103 Å². The summed E-state index contributed by atoms with van der Waals surface area (Å²) in [6.07, 6.45) is 1.66. The average Bonchev–Trinajstić information content (AvgIpc) is 3.06. The monoisotopic (exact) mass is 553 g/mol. The summed E-state index contributed by atoms with van der Waals surface area (Å²) in [6.45, 7) is 4.63.